The van der Waals surface area contributed by atoms with Crippen LogP contribution in [-0.4, -0.2) is 5.91 Å². The topological polar surface area (TPSA) is 43.1 Å². The van der Waals surface area contributed by atoms with E-state index in [0.29, 0.717) is 0 Å². The standard InChI is InChI=1S/C7H13NO.C2H6/c8-7(9)6-4-2-1-3-5-6;1-2/h6H,1-5H2,(H2,8,9);1-2H3. The molecule has 2 N–H and O–H groups in total. The predicted molar refractivity (Wildman–Crippen MR) is 47.1 cm³/mol. The van der Waals surface area contributed by atoms with Gasteiger partial charge in [0.15, 0.2) is 0 Å². The molecular weight excluding hydrogens is 138 g/mol. The number of amides is 1. The molecule has 0 spiro atoms. The van der Waals surface area contributed by atoms with E-state index in [9.17, 15) is 4.79 Å². The molecule has 0 unspecified atom stereocenters. The molecule has 0 radical (unpaired) electrons. The number of carbonyl (C=O) groups excluding carboxylic acids is 1. The first-order valence-corrected chi connectivity index (χ1v) is 4.60. The van der Waals surface area contributed by atoms with Crippen molar-refractivity contribution in [2.24, 2.45) is 11.7 Å². The zero-order valence-corrected chi connectivity index (χ0v) is 7.60. The summed E-state index contributed by atoms with van der Waals surface area (Å²) in [5.41, 5.74) is 5.13. The van der Waals surface area contributed by atoms with E-state index in [1.54, 1.807) is 0 Å². The van der Waals surface area contributed by atoms with Crippen molar-refractivity contribution < 1.29 is 4.79 Å². The van der Waals surface area contributed by atoms with Crippen molar-refractivity contribution in [1.29, 1.82) is 0 Å². The molecule has 1 aliphatic rings. The average molecular weight is 157 g/mol. The van der Waals surface area contributed by atoms with Crippen molar-refractivity contribution in [3.63, 3.8) is 0 Å². The Kier molecular flexibility index (Phi) is 5.90. The van der Waals surface area contributed by atoms with Gasteiger partial charge in [-0.2, -0.15) is 0 Å². The Balaban J connectivity index is 0.000000461. The maximum absolute atomic E-state index is 10.6. The van der Waals surface area contributed by atoms with Crippen LogP contribution in [-0.2, 0) is 4.79 Å². The van der Waals surface area contributed by atoms with Gasteiger partial charge in [0.2, 0.25) is 5.91 Å². The maximum atomic E-state index is 10.6. The van der Waals surface area contributed by atoms with Gasteiger partial charge in [0, 0.05) is 5.92 Å². The van der Waals surface area contributed by atoms with Gasteiger partial charge in [0.1, 0.15) is 0 Å². The van der Waals surface area contributed by atoms with Crippen molar-refractivity contribution in [1.82, 2.24) is 0 Å². The van der Waals surface area contributed by atoms with Gasteiger partial charge in [-0.25, -0.2) is 0 Å². The highest BCUT2D eigenvalue weighted by atomic mass is 16.1. The van der Waals surface area contributed by atoms with E-state index >= 15 is 0 Å². The summed E-state index contributed by atoms with van der Waals surface area (Å²) in [4.78, 5) is 10.6. The van der Waals surface area contributed by atoms with E-state index < -0.39 is 0 Å². The minimum atomic E-state index is -0.102. The Morgan fingerprint density at radius 2 is 1.64 bits per heavy atom. The van der Waals surface area contributed by atoms with Crippen LogP contribution in [0.15, 0.2) is 0 Å². The fourth-order valence-electron chi connectivity index (χ4n) is 1.39. The van der Waals surface area contributed by atoms with Gasteiger partial charge >= 0.3 is 0 Å². The van der Waals surface area contributed by atoms with Gasteiger partial charge in [0.25, 0.3) is 0 Å². The summed E-state index contributed by atoms with van der Waals surface area (Å²) in [6.07, 6.45) is 5.70. The van der Waals surface area contributed by atoms with Crippen LogP contribution in [0.3, 0.4) is 0 Å². The lowest BCUT2D eigenvalue weighted by Gasteiger charge is -2.17. The van der Waals surface area contributed by atoms with E-state index in [0.717, 1.165) is 12.8 Å². The Labute approximate surface area is 69.2 Å². The predicted octanol–water partition coefficient (Wildman–Crippen LogP) is 2.08. The zero-order chi connectivity index (χ0) is 8.69. The number of primary amides is 1. The van der Waals surface area contributed by atoms with Crippen LogP contribution in [0, 0.1) is 5.92 Å². The lowest BCUT2D eigenvalue weighted by Crippen LogP contribution is -2.24. The number of hydrogen-bond donors (Lipinski definition) is 1. The molecule has 2 nitrogen and oxygen atoms in total. The molecule has 0 aromatic heterocycles. The average Bonchev–Trinajstić information content (AvgIpc) is 2.10. The van der Waals surface area contributed by atoms with Crippen LogP contribution in [0.2, 0.25) is 0 Å². The smallest absolute Gasteiger partial charge is 0.220 e. The first kappa shape index (κ1) is 10.5. The Morgan fingerprint density at radius 1 is 1.18 bits per heavy atom. The molecule has 1 aliphatic carbocycles. The van der Waals surface area contributed by atoms with Gasteiger partial charge < -0.3 is 5.73 Å². The van der Waals surface area contributed by atoms with Crippen LogP contribution < -0.4 is 5.73 Å². The van der Waals surface area contributed by atoms with Crippen LogP contribution in [0.4, 0.5) is 0 Å². The quantitative estimate of drug-likeness (QED) is 0.622. The summed E-state index contributed by atoms with van der Waals surface area (Å²) in [5.74, 6) is 0.0912. The third-order valence-corrected chi connectivity index (χ3v) is 2.01. The molecule has 1 rings (SSSR count). The van der Waals surface area contributed by atoms with Gasteiger partial charge in [-0.15, -0.1) is 0 Å². The molecule has 0 aromatic carbocycles. The zero-order valence-electron chi connectivity index (χ0n) is 7.60. The van der Waals surface area contributed by atoms with Crippen molar-refractivity contribution in [3.8, 4) is 0 Å². The molecule has 0 aromatic rings. The van der Waals surface area contributed by atoms with Gasteiger partial charge in [0.05, 0.1) is 0 Å². The molecule has 2 heteroatoms. The highest BCUT2D eigenvalue weighted by Crippen LogP contribution is 2.22. The second-order valence-corrected chi connectivity index (χ2v) is 2.74. The first-order valence-electron chi connectivity index (χ1n) is 4.60. The number of hydrogen-bond acceptors (Lipinski definition) is 1. The highest BCUT2D eigenvalue weighted by molar-refractivity contribution is 5.76. The fraction of sp³-hybridized carbons (Fsp3) is 0.889. The second-order valence-electron chi connectivity index (χ2n) is 2.74. The van der Waals surface area contributed by atoms with Crippen molar-refractivity contribution in [2.45, 2.75) is 46.0 Å². The number of nitrogens with two attached hydrogens (primary N) is 1. The van der Waals surface area contributed by atoms with Gasteiger partial charge in [-0.05, 0) is 12.8 Å². The summed E-state index contributed by atoms with van der Waals surface area (Å²) in [7, 11) is 0. The summed E-state index contributed by atoms with van der Waals surface area (Å²) >= 11 is 0. The molecule has 1 fully saturated rings. The molecule has 0 saturated heterocycles. The largest absolute Gasteiger partial charge is 0.369 e. The van der Waals surface area contributed by atoms with E-state index in [-0.39, 0.29) is 11.8 Å². The van der Waals surface area contributed by atoms with E-state index in [1.807, 2.05) is 13.8 Å². The van der Waals surface area contributed by atoms with Crippen molar-refractivity contribution in [3.05, 3.63) is 0 Å². The molecule has 0 aliphatic heterocycles. The molecule has 0 atom stereocenters. The molecular formula is C9H19NO. The molecule has 11 heavy (non-hydrogen) atoms. The van der Waals surface area contributed by atoms with Gasteiger partial charge in [-0.1, -0.05) is 33.1 Å². The highest BCUT2D eigenvalue weighted by Gasteiger charge is 2.17. The summed E-state index contributed by atoms with van der Waals surface area (Å²) in [6, 6.07) is 0. The molecule has 0 heterocycles. The minimum absolute atomic E-state index is 0.102. The normalized spacial score (nSPS) is 18.4. The first-order chi connectivity index (χ1) is 5.30. The van der Waals surface area contributed by atoms with Gasteiger partial charge in [-0.3, -0.25) is 4.79 Å². The summed E-state index contributed by atoms with van der Waals surface area (Å²) < 4.78 is 0. The number of rotatable bonds is 1. The molecule has 1 saturated carbocycles. The van der Waals surface area contributed by atoms with Crippen molar-refractivity contribution in [2.75, 3.05) is 0 Å². The summed E-state index contributed by atoms with van der Waals surface area (Å²) in [6.45, 7) is 4.00. The van der Waals surface area contributed by atoms with E-state index in [4.69, 9.17) is 5.73 Å². The van der Waals surface area contributed by atoms with Crippen LogP contribution in [0.25, 0.3) is 0 Å². The third kappa shape index (κ3) is 4.02. The van der Waals surface area contributed by atoms with E-state index in [1.165, 1.54) is 19.3 Å². The minimum Gasteiger partial charge on any atom is -0.369 e. The molecule has 66 valence electrons. The van der Waals surface area contributed by atoms with Crippen LogP contribution in [0.5, 0.6) is 0 Å². The SMILES string of the molecule is CC.NC(=O)C1CCCCC1. The number of carbonyl (C=O) groups is 1. The molecule has 0 bridgehead atoms. The Bertz CT molecular complexity index is 106. The summed E-state index contributed by atoms with van der Waals surface area (Å²) in [5, 5.41) is 0. The maximum Gasteiger partial charge on any atom is 0.220 e. The van der Waals surface area contributed by atoms with Crippen LogP contribution in [0.1, 0.15) is 46.0 Å². The Morgan fingerprint density at radius 3 is 1.91 bits per heavy atom. The van der Waals surface area contributed by atoms with Crippen LogP contribution >= 0.6 is 0 Å². The lowest BCUT2D eigenvalue weighted by molar-refractivity contribution is -0.122. The lowest BCUT2D eigenvalue weighted by atomic mass is 9.89. The third-order valence-electron chi connectivity index (χ3n) is 2.01. The Hall–Kier alpha value is -0.530. The monoisotopic (exact) mass is 157 g/mol. The van der Waals surface area contributed by atoms with E-state index in [2.05, 4.69) is 0 Å². The second kappa shape index (κ2) is 6.20. The fourth-order valence-corrected chi connectivity index (χ4v) is 1.39. The molecule has 1 amide bonds. The van der Waals surface area contributed by atoms with Crippen molar-refractivity contribution >= 4 is 5.91 Å².